The van der Waals surface area contributed by atoms with E-state index >= 15 is 0 Å². The summed E-state index contributed by atoms with van der Waals surface area (Å²) in [7, 11) is 0. The Bertz CT molecular complexity index is 648. The molecule has 0 radical (unpaired) electrons. The zero-order valence-corrected chi connectivity index (χ0v) is 10.0. The Morgan fingerprint density at radius 2 is 2.17 bits per heavy atom. The quantitative estimate of drug-likeness (QED) is 0.760. The summed E-state index contributed by atoms with van der Waals surface area (Å²) in [6.07, 6.45) is 0.800. The maximum absolute atomic E-state index is 11.9. The molecule has 1 aromatic carbocycles. The second-order valence-electron chi connectivity index (χ2n) is 3.88. The van der Waals surface area contributed by atoms with Gasteiger partial charge < -0.3 is 11.2 Å². The van der Waals surface area contributed by atoms with Gasteiger partial charge in [0.2, 0.25) is 5.82 Å². The molecule has 0 atom stereocenters. The molecule has 2 aromatic rings. The Morgan fingerprint density at radius 1 is 1.44 bits per heavy atom. The second-order valence-corrected chi connectivity index (χ2v) is 3.88. The van der Waals surface area contributed by atoms with E-state index in [0.29, 0.717) is 17.4 Å². The number of hydrogen-bond acceptors (Lipinski definition) is 4. The van der Waals surface area contributed by atoms with E-state index in [1.165, 1.54) is 0 Å². The molecule has 6 nitrogen and oxygen atoms in total. The van der Waals surface area contributed by atoms with Crippen molar-refractivity contribution in [2.75, 3.05) is 12.4 Å². The van der Waals surface area contributed by atoms with Crippen LogP contribution in [0.5, 0.6) is 0 Å². The molecule has 1 heterocycles. The van der Waals surface area contributed by atoms with Crippen LogP contribution in [0.25, 0.3) is 10.9 Å². The molecule has 0 fully saturated rings. The highest BCUT2D eigenvalue weighted by atomic mass is 16.2. The third-order valence-corrected chi connectivity index (χ3v) is 2.55. The Labute approximate surface area is 103 Å². The van der Waals surface area contributed by atoms with Crippen molar-refractivity contribution >= 4 is 16.8 Å². The molecule has 1 aromatic heterocycles. The molecular formula is C12H14N4O2. The Kier molecular flexibility index (Phi) is 3.27. The van der Waals surface area contributed by atoms with Crippen molar-refractivity contribution in [1.82, 2.24) is 15.0 Å². The number of benzene rings is 1. The summed E-state index contributed by atoms with van der Waals surface area (Å²) in [6, 6.07) is 6.78. The number of aromatic nitrogens is 2. The topological polar surface area (TPSA) is 90.0 Å². The normalized spacial score (nSPS) is 10.5. The molecule has 0 aliphatic rings. The van der Waals surface area contributed by atoms with E-state index in [0.717, 1.165) is 11.1 Å². The number of nitrogens with one attached hydrogen (secondary N) is 1. The van der Waals surface area contributed by atoms with E-state index in [1.54, 1.807) is 24.3 Å². The molecule has 0 saturated heterocycles. The minimum Gasteiger partial charge on any atom is -0.349 e. The lowest BCUT2D eigenvalue weighted by atomic mass is 10.2. The van der Waals surface area contributed by atoms with Crippen LogP contribution in [0.3, 0.4) is 0 Å². The average Bonchev–Trinajstić information content (AvgIpc) is 2.40. The van der Waals surface area contributed by atoms with E-state index in [-0.39, 0.29) is 5.82 Å². The monoisotopic (exact) mass is 246 g/mol. The van der Waals surface area contributed by atoms with Gasteiger partial charge in [-0.3, -0.25) is 9.59 Å². The summed E-state index contributed by atoms with van der Waals surface area (Å²) in [5.41, 5.74) is 0.0353. The van der Waals surface area contributed by atoms with Crippen LogP contribution in [0.2, 0.25) is 0 Å². The van der Waals surface area contributed by atoms with E-state index < -0.39 is 11.5 Å². The van der Waals surface area contributed by atoms with Gasteiger partial charge in [-0.1, -0.05) is 19.1 Å². The number of fused-ring (bicyclic) bond motifs is 1. The Balaban J connectivity index is 2.55. The first-order valence-corrected chi connectivity index (χ1v) is 5.70. The molecule has 1 amide bonds. The molecule has 0 bridgehead atoms. The lowest BCUT2D eigenvalue weighted by molar-refractivity contribution is 0.0939. The highest BCUT2D eigenvalue weighted by Crippen LogP contribution is 2.06. The van der Waals surface area contributed by atoms with Gasteiger partial charge in [0.1, 0.15) is 0 Å². The van der Waals surface area contributed by atoms with Crippen LogP contribution in [-0.4, -0.2) is 22.1 Å². The number of hydrogen-bond donors (Lipinski definition) is 2. The molecule has 0 aliphatic heterocycles. The van der Waals surface area contributed by atoms with Crippen LogP contribution in [0.1, 0.15) is 24.0 Å². The van der Waals surface area contributed by atoms with Crippen molar-refractivity contribution in [3.63, 3.8) is 0 Å². The number of rotatable bonds is 3. The van der Waals surface area contributed by atoms with Gasteiger partial charge in [-0.05, 0) is 18.6 Å². The summed E-state index contributed by atoms with van der Waals surface area (Å²) < 4.78 is 0.785. The number of nitrogens with two attached hydrogens (primary N) is 1. The fraction of sp³-hybridized carbons (Fsp3) is 0.250. The van der Waals surface area contributed by atoms with Crippen LogP contribution in [-0.2, 0) is 0 Å². The number of nitrogens with zero attached hydrogens (tertiary/aromatic N) is 2. The Morgan fingerprint density at radius 3 is 2.89 bits per heavy atom. The predicted molar refractivity (Wildman–Crippen MR) is 68.8 cm³/mol. The largest absolute Gasteiger partial charge is 0.349 e. The molecule has 3 N–H and O–H groups in total. The smallest absolute Gasteiger partial charge is 0.289 e. The summed E-state index contributed by atoms with van der Waals surface area (Å²) in [4.78, 5) is 27.9. The first kappa shape index (κ1) is 12.1. The molecule has 0 saturated carbocycles. The molecule has 94 valence electrons. The van der Waals surface area contributed by atoms with Crippen molar-refractivity contribution in [3.8, 4) is 0 Å². The number of carbonyl (C=O) groups excluding carboxylic acids is 1. The maximum Gasteiger partial charge on any atom is 0.289 e. The highest BCUT2D eigenvalue weighted by molar-refractivity contribution is 5.92. The molecular weight excluding hydrogens is 232 g/mol. The summed E-state index contributed by atoms with van der Waals surface area (Å²) >= 11 is 0. The van der Waals surface area contributed by atoms with Crippen molar-refractivity contribution in [3.05, 3.63) is 40.4 Å². The van der Waals surface area contributed by atoms with Crippen molar-refractivity contribution < 1.29 is 4.79 Å². The lowest BCUT2D eigenvalue weighted by Gasteiger charge is -2.08. The van der Waals surface area contributed by atoms with Crippen molar-refractivity contribution in [1.29, 1.82) is 0 Å². The molecule has 6 heteroatoms. The lowest BCUT2D eigenvalue weighted by Crippen LogP contribution is -2.38. The van der Waals surface area contributed by atoms with Crippen molar-refractivity contribution in [2.45, 2.75) is 13.3 Å². The van der Waals surface area contributed by atoms with Gasteiger partial charge in [-0.25, -0.2) is 9.66 Å². The van der Waals surface area contributed by atoms with Crippen LogP contribution in [0.4, 0.5) is 0 Å². The molecule has 0 unspecified atom stereocenters. The van der Waals surface area contributed by atoms with Crippen molar-refractivity contribution in [2.24, 2.45) is 0 Å². The van der Waals surface area contributed by atoms with E-state index in [4.69, 9.17) is 5.84 Å². The van der Waals surface area contributed by atoms with Gasteiger partial charge >= 0.3 is 0 Å². The van der Waals surface area contributed by atoms with E-state index in [2.05, 4.69) is 10.3 Å². The third kappa shape index (κ3) is 2.04. The number of nitrogen functional groups attached to an aromatic ring is 1. The molecule has 0 aliphatic carbocycles. The number of para-hydroxylation sites is 1. The van der Waals surface area contributed by atoms with Gasteiger partial charge in [0, 0.05) is 6.54 Å². The summed E-state index contributed by atoms with van der Waals surface area (Å²) in [6.45, 7) is 2.45. The number of carbonyl (C=O) groups is 1. The minimum absolute atomic E-state index is 0.0767. The Hall–Kier alpha value is -2.37. The van der Waals surface area contributed by atoms with Gasteiger partial charge in [0.25, 0.3) is 11.5 Å². The number of amides is 1. The molecule has 2 rings (SSSR count). The van der Waals surface area contributed by atoms with Gasteiger partial charge in [-0.15, -0.1) is 0 Å². The second kappa shape index (κ2) is 4.87. The zero-order chi connectivity index (χ0) is 13.1. The van der Waals surface area contributed by atoms with Gasteiger partial charge in [-0.2, -0.15) is 0 Å². The molecule has 0 spiro atoms. The standard InChI is InChI=1S/C12H14N4O2/c1-2-7-14-11(17)10-15-9-6-4-3-5-8(9)12(18)16(10)13/h3-6H,2,7,13H2,1H3,(H,14,17). The highest BCUT2D eigenvalue weighted by Gasteiger charge is 2.14. The van der Waals surface area contributed by atoms with Crippen LogP contribution in [0.15, 0.2) is 29.1 Å². The fourth-order valence-corrected chi connectivity index (χ4v) is 1.62. The SMILES string of the molecule is CCCNC(=O)c1nc2ccccc2c(=O)n1N. The fourth-order valence-electron chi connectivity index (χ4n) is 1.62. The predicted octanol–water partition coefficient (Wildman–Crippen LogP) is 0.250. The van der Waals surface area contributed by atoms with Crippen LogP contribution < -0.4 is 16.7 Å². The van der Waals surface area contributed by atoms with E-state index in [9.17, 15) is 9.59 Å². The van der Waals surface area contributed by atoms with E-state index in [1.807, 2.05) is 6.92 Å². The minimum atomic E-state index is -0.442. The van der Waals surface area contributed by atoms with Gasteiger partial charge in [0.15, 0.2) is 0 Å². The van der Waals surface area contributed by atoms with Crippen LogP contribution in [0, 0.1) is 0 Å². The summed E-state index contributed by atoms with van der Waals surface area (Å²) in [5.74, 6) is 5.08. The van der Waals surface area contributed by atoms with Crippen LogP contribution >= 0.6 is 0 Å². The average molecular weight is 246 g/mol. The first-order chi connectivity index (χ1) is 8.65. The molecule has 18 heavy (non-hydrogen) atoms. The van der Waals surface area contributed by atoms with Gasteiger partial charge in [0.05, 0.1) is 10.9 Å². The zero-order valence-electron chi connectivity index (χ0n) is 10.0. The summed E-state index contributed by atoms with van der Waals surface area (Å²) in [5, 5.41) is 3.04. The third-order valence-electron chi connectivity index (χ3n) is 2.55. The maximum atomic E-state index is 11.9. The first-order valence-electron chi connectivity index (χ1n) is 5.70.